The van der Waals surface area contributed by atoms with Crippen molar-refractivity contribution >= 4 is 29.3 Å². The zero-order valence-electron chi connectivity index (χ0n) is 12.5. The van der Waals surface area contributed by atoms with Crippen LogP contribution in [0.2, 0.25) is 0 Å². The molecular formula is C17H21NO3S. The molecule has 0 bridgehead atoms. The van der Waals surface area contributed by atoms with Gasteiger partial charge in [-0.15, -0.1) is 11.8 Å². The van der Waals surface area contributed by atoms with E-state index in [4.69, 9.17) is 4.74 Å². The number of esters is 1. The molecule has 1 aromatic rings. The number of para-hydroxylation sites is 1. The van der Waals surface area contributed by atoms with E-state index >= 15 is 0 Å². The third-order valence-electron chi connectivity index (χ3n) is 4.26. The second-order valence-electron chi connectivity index (χ2n) is 5.98. The van der Waals surface area contributed by atoms with Gasteiger partial charge in [0.15, 0.2) is 0 Å². The normalized spacial score (nSPS) is 21.8. The molecule has 5 heteroatoms. The molecule has 0 saturated heterocycles. The van der Waals surface area contributed by atoms with Crippen molar-refractivity contribution in [2.24, 2.45) is 5.92 Å². The Balaban J connectivity index is 1.50. The number of fused-ring (bicyclic) bond motifs is 1. The summed E-state index contributed by atoms with van der Waals surface area (Å²) in [5.41, 5.74) is 0.823. The molecule has 1 fully saturated rings. The predicted molar refractivity (Wildman–Crippen MR) is 86.9 cm³/mol. The van der Waals surface area contributed by atoms with E-state index in [9.17, 15) is 9.59 Å². The highest BCUT2D eigenvalue weighted by atomic mass is 32.2. The first-order valence-electron chi connectivity index (χ1n) is 7.94. The van der Waals surface area contributed by atoms with Crippen molar-refractivity contribution in [3.8, 4) is 0 Å². The second-order valence-corrected chi connectivity index (χ2v) is 7.23. The van der Waals surface area contributed by atoms with Gasteiger partial charge in [0.2, 0.25) is 5.91 Å². The lowest BCUT2D eigenvalue weighted by molar-refractivity contribution is -0.146. The van der Waals surface area contributed by atoms with Crippen molar-refractivity contribution < 1.29 is 14.3 Å². The van der Waals surface area contributed by atoms with Crippen molar-refractivity contribution in [3.05, 3.63) is 24.3 Å². The zero-order valence-corrected chi connectivity index (χ0v) is 13.4. The van der Waals surface area contributed by atoms with E-state index < -0.39 is 5.25 Å². The number of hydrogen-bond acceptors (Lipinski definition) is 4. The number of benzene rings is 1. The van der Waals surface area contributed by atoms with Gasteiger partial charge in [-0.2, -0.15) is 0 Å². The molecule has 22 heavy (non-hydrogen) atoms. The number of rotatable bonds is 4. The Morgan fingerprint density at radius 2 is 2.00 bits per heavy atom. The van der Waals surface area contributed by atoms with Crippen LogP contribution in [0.3, 0.4) is 0 Å². The lowest BCUT2D eigenvalue weighted by Crippen LogP contribution is -2.31. The number of carbonyl (C=O) groups excluding carboxylic acids is 2. The highest BCUT2D eigenvalue weighted by Gasteiger charge is 2.29. The third kappa shape index (κ3) is 3.83. The quantitative estimate of drug-likeness (QED) is 0.861. The lowest BCUT2D eigenvalue weighted by atomic mass is 9.90. The van der Waals surface area contributed by atoms with Gasteiger partial charge in [0.1, 0.15) is 0 Å². The molecule has 0 aromatic heterocycles. The molecule has 2 aliphatic rings. The summed E-state index contributed by atoms with van der Waals surface area (Å²) in [4.78, 5) is 25.1. The van der Waals surface area contributed by atoms with Gasteiger partial charge in [0.25, 0.3) is 0 Å². The van der Waals surface area contributed by atoms with Crippen molar-refractivity contribution in [1.82, 2.24) is 0 Å². The maximum Gasteiger partial charge on any atom is 0.307 e. The minimum Gasteiger partial charge on any atom is -0.465 e. The van der Waals surface area contributed by atoms with Gasteiger partial charge in [-0.25, -0.2) is 0 Å². The predicted octanol–water partition coefficient (Wildman–Crippen LogP) is 3.61. The molecule has 1 saturated carbocycles. The summed E-state index contributed by atoms with van der Waals surface area (Å²) in [5.74, 6) is 0.127. The molecule has 1 atom stereocenters. The Labute approximate surface area is 135 Å². The molecule has 0 radical (unpaired) electrons. The highest BCUT2D eigenvalue weighted by Crippen LogP contribution is 2.36. The number of carbonyl (C=O) groups is 2. The Morgan fingerprint density at radius 1 is 1.23 bits per heavy atom. The SMILES string of the molecule is O=C(C[C@H]1Sc2ccccc2NC1=O)OCC1CCCCC1. The number of amides is 1. The van der Waals surface area contributed by atoms with E-state index in [-0.39, 0.29) is 18.3 Å². The van der Waals surface area contributed by atoms with Crippen LogP contribution in [0.15, 0.2) is 29.2 Å². The van der Waals surface area contributed by atoms with Crippen LogP contribution in [-0.2, 0) is 14.3 Å². The van der Waals surface area contributed by atoms with E-state index in [0.29, 0.717) is 12.5 Å². The van der Waals surface area contributed by atoms with Gasteiger partial charge in [-0.3, -0.25) is 9.59 Å². The van der Waals surface area contributed by atoms with E-state index in [1.165, 1.54) is 31.0 Å². The monoisotopic (exact) mass is 319 g/mol. The average Bonchev–Trinajstić information content (AvgIpc) is 2.55. The minimum absolute atomic E-state index is 0.113. The average molecular weight is 319 g/mol. The van der Waals surface area contributed by atoms with E-state index in [1.54, 1.807) is 0 Å². The van der Waals surface area contributed by atoms with Crippen molar-refractivity contribution in [3.63, 3.8) is 0 Å². The van der Waals surface area contributed by atoms with E-state index in [1.807, 2.05) is 24.3 Å². The molecule has 1 aromatic carbocycles. The second kappa shape index (κ2) is 7.18. The fourth-order valence-electron chi connectivity index (χ4n) is 3.00. The third-order valence-corrected chi connectivity index (χ3v) is 5.54. The first-order chi connectivity index (χ1) is 10.7. The summed E-state index contributed by atoms with van der Waals surface area (Å²) in [5, 5.41) is 2.46. The molecule has 1 aliphatic heterocycles. The molecule has 1 N–H and O–H groups in total. The summed E-state index contributed by atoms with van der Waals surface area (Å²) in [6, 6.07) is 7.65. The smallest absolute Gasteiger partial charge is 0.307 e. The Morgan fingerprint density at radius 3 is 2.82 bits per heavy atom. The largest absolute Gasteiger partial charge is 0.465 e. The molecule has 4 nitrogen and oxygen atoms in total. The number of anilines is 1. The van der Waals surface area contributed by atoms with E-state index in [0.717, 1.165) is 23.4 Å². The summed E-state index contributed by atoms with van der Waals surface area (Å²) < 4.78 is 5.39. The van der Waals surface area contributed by atoms with Crippen molar-refractivity contribution in [2.75, 3.05) is 11.9 Å². The number of nitrogens with one attached hydrogen (secondary N) is 1. The first kappa shape index (κ1) is 15.4. The van der Waals surface area contributed by atoms with Gasteiger partial charge < -0.3 is 10.1 Å². The summed E-state index contributed by atoms with van der Waals surface area (Å²) in [7, 11) is 0. The number of ether oxygens (including phenoxy) is 1. The van der Waals surface area contributed by atoms with Crippen LogP contribution < -0.4 is 5.32 Å². The van der Waals surface area contributed by atoms with Gasteiger partial charge in [0, 0.05) is 4.90 Å². The molecule has 1 aliphatic carbocycles. The minimum atomic E-state index is -0.395. The number of thioether (sulfide) groups is 1. The topological polar surface area (TPSA) is 55.4 Å². The van der Waals surface area contributed by atoms with E-state index in [2.05, 4.69) is 5.32 Å². The van der Waals surface area contributed by atoms with Gasteiger partial charge in [0.05, 0.1) is 24.0 Å². The van der Waals surface area contributed by atoms with Crippen LogP contribution in [0, 0.1) is 5.92 Å². The molecule has 1 heterocycles. The maximum atomic E-state index is 12.1. The Hall–Kier alpha value is -1.49. The van der Waals surface area contributed by atoms with Crippen LogP contribution >= 0.6 is 11.8 Å². The van der Waals surface area contributed by atoms with Gasteiger partial charge >= 0.3 is 5.97 Å². The fourth-order valence-corrected chi connectivity index (χ4v) is 4.10. The molecule has 118 valence electrons. The highest BCUT2D eigenvalue weighted by molar-refractivity contribution is 8.01. The Kier molecular flexibility index (Phi) is 5.03. The van der Waals surface area contributed by atoms with Crippen LogP contribution in [0.4, 0.5) is 5.69 Å². The molecule has 1 amide bonds. The summed E-state index contributed by atoms with van der Waals surface area (Å²) in [6.45, 7) is 0.508. The van der Waals surface area contributed by atoms with Crippen LogP contribution in [0.5, 0.6) is 0 Å². The Bertz CT molecular complexity index is 555. The standard InChI is InChI=1S/C17H21NO3S/c19-16(21-11-12-6-2-1-3-7-12)10-15-17(20)18-13-8-4-5-9-14(13)22-15/h4-5,8-9,12,15H,1-3,6-7,10-11H2,(H,18,20)/t15-/m1/s1. The molecule has 0 spiro atoms. The fraction of sp³-hybridized carbons (Fsp3) is 0.529. The van der Waals surface area contributed by atoms with Crippen LogP contribution in [0.1, 0.15) is 38.5 Å². The summed E-state index contributed by atoms with van der Waals surface area (Å²) in [6.07, 6.45) is 6.21. The number of hydrogen-bond donors (Lipinski definition) is 1. The van der Waals surface area contributed by atoms with Gasteiger partial charge in [-0.05, 0) is 30.9 Å². The van der Waals surface area contributed by atoms with Crippen molar-refractivity contribution in [1.29, 1.82) is 0 Å². The summed E-state index contributed by atoms with van der Waals surface area (Å²) >= 11 is 1.44. The molecular weight excluding hydrogens is 298 g/mol. The molecule has 0 unspecified atom stereocenters. The lowest BCUT2D eigenvalue weighted by Gasteiger charge is -2.24. The maximum absolute atomic E-state index is 12.1. The molecule has 3 rings (SSSR count). The van der Waals surface area contributed by atoms with Crippen LogP contribution in [0.25, 0.3) is 0 Å². The first-order valence-corrected chi connectivity index (χ1v) is 8.82. The zero-order chi connectivity index (χ0) is 15.4. The van der Waals surface area contributed by atoms with Gasteiger partial charge in [-0.1, -0.05) is 31.4 Å². The van der Waals surface area contributed by atoms with Crippen LogP contribution in [-0.4, -0.2) is 23.7 Å². The van der Waals surface area contributed by atoms with Crippen molar-refractivity contribution in [2.45, 2.75) is 48.7 Å².